The molecule has 3 nitrogen and oxygen atoms in total. The van der Waals surface area contributed by atoms with Crippen molar-refractivity contribution in [2.24, 2.45) is 0 Å². The maximum atomic E-state index is 13.0. The molecule has 104 valence electrons. The number of hydrogen-bond acceptors (Lipinski definition) is 3. The van der Waals surface area contributed by atoms with Gasteiger partial charge in [-0.1, -0.05) is 0 Å². The largest absolute Gasteiger partial charge is 0.341 e. The molecule has 1 N–H and O–H groups in total. The number of rotatable bonds is 4. The average molecular weight is 286 g/mol. The monoisotopic (exact) mass is 286 g/mol. The summed E-state index contributed by atoms with van der Waals surface area (Å²) in [6, 6.07) is 3.91. The summed E-state index contributed by atoms with van der Waals surface area (Å²) in [5.41, 5.74) is 0. The molecule has 1 aromatic rings. The maximum Gasteiger partial charge on any atom is 0.232 e. The van der Waals surface area contributed by atoms with Crippen LogP contribution in [0.15, 0.2) is 23.1 Å². The maximum absolute atomic E-state index is 13.0. The van der Waals surface area contributed by atoms with Crippen LogP contribution in [-0.2, 0) is 4.79 Å². The molecule has 1 atom stereocenters. The Balaban J connectivity index is 1.87. The van der Waals surface area contributed by atoms with E-state index in [4.69, 9.17) is 0 Å². The van der Waals surface area contributed by atoms with E-state index in [1.165, 1.54) is 17.8 Å². The molecule has 0 radical (unpaired) electrons. The predicted octanol–water partition coefficient (Wildman–Crippen LogP) is 1.88. The predicted molar refractivity (Wildman–Crippen MR) is 71.1 cm³/mol. The lowest BCUT2D eigenvalue weighted by molar-refractivity contribution is -0.128. The van der Waals surface area contributed by atoms with Gasteiger partial charge in [-0.05, 0) is 31.2 Å². The van der Waals surface area contributed by atoms with E-state index in [9.17, 15) is 13.6 Å². The summed E-state index contributed by atoms with van der Waals surface area (Å²) in [5.74, 6) is -1.52. The van der Waals surface area contributed by atoms with Gasteiger partial charge in [-0.2, -0.15) is 0 Å². The van der Waals surface area contributed by atoms with Gasteiger partial charge >= 0.3 is 0 Å². The quantitative estimate of drug-likeness (QED) is 0.858. The average Bonchev–Trinajstić information content (AvgIpc) is 2.93. The highest BCUT2D eigenvalue weighted by atomic mass is 32.2. The van der Waals surface area contributed by atoms with Crippen molar-refractivity contribution in [1.29, 1.82) is 0 Å². The number of thioether (sulfide) groups is 1. The molecule has 1 fully saturated rings. The number of nitrogens with zero attached hydrogens (tertiary/aromatic N) is 1. The third-order valence-corrected chi connectivity index (χ3v) is 4.21. The van der Waals surface area contributed by atoms with Crippen LogP contribution in [0.4, 0.5) is 8.78 Å². The molecule has 1 aromatic carbocycles. The summed E-state index contributed by atoms with van der Waals surface area (Å²) in [4.78, 5) is 14.3. The zero-order chi connectivity index (χ0) is 13.8. The molecule has 1 saturated heterocycles. The van der Waals surface area contributed by atoms with Gasteiger partial charge in [-0.15, -0.1) is 11.8 Å². The van der Waals surface area contributed by atoms with Crippen molar-refractivity contribution in [2.75, 3.05) is 25.9 Å². The Hall–Kier alpha value is -1.14. The van der Waals surface area contributed by atoms with Crippen molar-refractivity contribution in [3.63, 3.8) is 0 Å². The van der Waals surface area contributed by atoms with Gasteiger partial charge in [-0.3, -0.25) is 4.79 Å². The molecule has 0 aromatic heterocycles. The molecular weight excluding hydrogens is 270 g/mol. The van der Waals surface area contributed by atoms with Gasteiger partial charge in [0, 0.05) is 24.5 Å². The van der Waals surface area contributed by atoms with Crippen LogP contribution in [-0.4, -0.2) is 42.7 Å². The standard InChI is InChI=1S/C13H16F2N2OS/c1-17(9-4-5-16-7-9)13(18)8-19-10-2-3-11(14)12(15)6-10/h2-3,6,9,16H,4-5,7-8H2,1H3. The van der Waals surface area contributed by atoms with Crippen LogP contribution in [0.1, 0.15) is 6.42 Å². The molecule has 19 heavy (non-hydrogen) atoms. The van der Waals surface area contributed by atoms with E-state index in [1.807, 2.05) is 0 Å². The Bertz CT molecular complexity index is 464. The summed E-state index contributed by atoms with van der Waals surface area (Å²) in [6.45, 7) is 1.75. The fourth-order valence-corrected chi connectivity index (χ4v) is 2.83. The molecule has 0 aliphatic carbocycles. The third-order valence-electron chi connectivity index (χ3n) is 3.23. The van der Waals surface area contributed by atoms with Crippen molar-refractivity contribution >= 4 is 17.7 Å². The van der Waals surface area contributed by atoms with Crippen LogP contribution >= 0.6 is 11.8 Å². The first kappa shape index (κ1) is 14.3. The number of nitrogens with one attached hydrogen (secondary N) is 1. The van der Waals surface area contributed by atoms with Gasteiger partial charge in [0.05, 0.1) is 5.75 Å². The number of hydrogen-bond donors (Lipinski definition) is 1. The molecule has 0 bridgehead atoms. The molecule has 0 spiro atoms. The second kappa shape index (κ2) is 6.34. The second-order valence-electron chi connectivity index (χ2n) is 4.52. The minimum absolute atomic E-state index is 0.00318. The molecule has 0 saturated carbocycles. The van der Waals surface area contributed by atoms with Crippen LogP contribution in [0.5, 0.6) is 0 Å². The first-order valence-electron chi connectivity index (χ1n) is 6.12. The minimum Gasteiger partial charge on any atom is -0.341 e. The van der Waals surface area contributed by atoms with E-state index in [0.717, 1.165) is 31.6 Å². The van der Waals surface area contributed by atoms with Crippen LogP contribution in [0.25, 0.3) is 0 Å². The van der Waals surface area contributed by atoms with Gasteiger partial charge in [-0.25, -0.2) is 8.78 Å². The second-order valence-corrected chi connectivity index (χ2v) is 5.56. The number of likely N-dealkylation sites (N-methyl/N-ethyl adjacent to an activating group) is 1. The Morgan fingerprint density at radius 1 is 1.47 bits per heavy atom. The number of carbonyl (C=O) groups is 1. The number of benzene rings is 1. The van der Waals surface area contributed by atoms with Crippen molar-refractivity contribution in [3.05, 3.63) is 29.8 Å². The normalized spacial score (nSPS) is 18.6. The van der Waals surface area contributed by atoms with Gasteiger partial charge in [0.1, 0.15) is 0 Å². The van der Waals surface area contributed by atoms with Gasteiger partial charge < -0.3 is 10.2 Å². The van der Waals surface area contributed by atoms with Crippen molar-refractivity contribution in [1.82, 2.24) is 10.2 Å². The first-order valence-corrected chi connectivity index (χ1v) is 7.10. The molecule has 1 amide bonds. The van der Waals surface area contributed by atoms with Crippen LogP contribution in [0.2, 0.25) is 0 Å². The molecule has 1 aliphatic heterocycles. The van der Waals surface area contributed by atoms with Crippen LogP contribution in [0.3, 0.4) is 0 Å². The Kier molecular flexibility index (Phi) is 4.76. The molecule has 6 heteroatoms. The SMILES string of the molecule is CN(C(=O)CSc1ccc(F)c(F)c1)C1CCNC1. The smallest absolute Gasteiger partial charge is 0.232 e. The van der Waals surface area contributed by atoms with Crippen molar-refractivity contribution in [3.8, 4) is 0 Å². The van der Waals surface area contributed by atoms with E-state index >= 15 is 0 Å². The lowest BCUT2D eigenvalue weighted by Gasteiger charge is -2.23. The fraction of sp³-hybridized carbons (Fsp3) is 0.462. The van der Waals surface area contributed by atoms with E-state index in [1.54, 1.807) is 11.9 Å². The molecule has 1 unspecified atom stereocenters. The Morgan fingerprint density at radius 3 is 2.89 bits per heavy atom. The zero-order valence-corrected chi connectivity index (χ0v) is 11.5. The van der Waals surface area contributed by atoms with Crippen LogP contribution < -0.4 is 5.32 Å². The summed E-state index contributed by atoms with van der Waals surface area (Å²) < 4.78 is 25.8. The summed E-state index contributed by atoms with van der Waals surface area (Å²) >= 11 is 1.22. The molecule has 2 rings (SSSR count). The number of amides is 1. The van der Waals surface area contributed by atoms with E-state index in [0.29, 0.717) is 4.90 Å². The zero-order valence-electron chi connectivity index (χ0n) is 10.7. The van der Waals surface area contributed by atoms with Crippen molar-refractivity contribution < 1.29 is 13.6 Å². The van der Waals surface area contributed by atoms with E-state index in [2.05, 4.69) is 5.32 Å². The lowest BCUT2D eigenvalue weighted by Crippen LogP contribution is -2.39. The third kappa shape index (κ3) is 3.67. The molecule has 1 heterocycles. The fourth-order valence-electron chi connectivity index (χ4n) is 1.99. The molecular formula is C13H16F2N2OS. The highest BCUT2D eigenvalue weighted by Gasteiger charge is 2.22. The van der Waals surface area contributed by atoms with E-state index < -0.39 is 11.6 Å². The number of carbonyl (C=O) groups excluding carboxylic acids is 1. The van der Waals surface area contributed by atoms with Gasteiger partial charge in [0.15, 0.2) is 11.6 Å². The van der Waals surface area contributed by atoms with Gasteiger partial charge in [0.25, 0.3) is 0 Å². The van der Waals surface area contributed by atoms with Gasteiger partial charge in [0.2, 0.25) is 5.91 Å². The van der Waals surface area contributed by atoms with E-state index in [-0.39, 0.29) is 17.7 Å². The topological polar surface area (TPSA) is 32.3 Å². The molecule has 1 aliphatic rings. The lowest BCUT2D eigenvalue weighted by atomic mass is 10.2. The highest BCUT2D eigenvalue weighted by Crippen LogP contribution is 2.21. The Morgan fingerprint density at radius 2 is 2.26 bits per heavy atom. The first-order chi connectivity index (χ1) is 9.08. The summed E-state index contributed by atoms with van der Waals surface area (Å²) in [7, 11) is 1.78. The number of halogens is 2. The highest BCUT2D eigenvalue weighted by molar-refractivity contribution is 8.00. The summed E-state index contributed by atoms with van der Waals surface area (Å²) in [5, 5.41) is 3.20. The van der Waals surface area contributed by atoms with Crippen molar-refractivity contribution in [2.45, 2.75) is 17.4 Å². The minimum atomic E-state index is -0.884. The summed E-state index contributed by atoms with van der Waals surface area (Å²) in [6.07, 6.45) is 0.956. The van der Waals surface area contributed by atoms with Crippen LogP contribution in [0, 0.1) is 11.6 Å². The Labute approximate surface area is 115 Å².